The molecule has 0 radical (unpaired) electrons. The van der Waals surface area contributed by atoms with Gasteiger partial charge in [-0.1, -0.05) is 0 Å². The Hall–Kier alpha value is -3.54. The van der Waals surface area contributed by atoms with Crippen LogP contribution < -0.4 is 15.4 Å². The van der Waals surface area contributed by atoms with Gasteiger partial charge in [-0.2, -0.15) is 23.1 Å². The molecule has 3 N–H and O–H groups in total. The molecule has 0 spiro atoms. The highest BCUT2D eigenvalue weighted by molar-refractivity contribution is 5.96. The van der Waals surface area contributed by atoms with Gasteiger partial charge in [0, 0.05) is 44.5 Å². The number of hydrogen-bond donors (Lipinski definition) is 3. The average Bonchev–Trinajstić information content (AvgIpc) is 3.24. The molecule has 1 aromatic carbocycles. The molecule has 34 heavy (non-hydrogen) atoms. The van der Waals surface area contributed by atoms with Gasteiger partial charge in [-0.15, -0.1) is 0 Å². The van der Waals surface area contributed by atoms with Gasteiger partial charge in [0.2, 0.25) is 5.95 Å². The lowest BCUT2D eigenvalue weighted by molar-refractivity contribution is -0.136. The van der Waals surface area contributed by atoms with E-state index >= 15 is 0 Å². The lowest BCUT2D eigenvalue weighted by Gasteiger charge is -2.32. The topological polar surface area (TPSA) is 98.4 Å². The van der Waals surface area contributed by atoms with Crippen molar-refractivity contribution in [1.82, 2.24) is 24.8 Å². The van der Waals surface area contributed by atoms with Gasteiger partial charge in [-0.3, -0.25) is 4.79 Å². The van der Waals surface area contributed by atoms with Crippen LogP contribution >= 0.6 is 0 Å². The SMILES string of the molecule is CCNc1nc(Nc2ccc(C(=O)N3CCN(C)CC3)cc2OC)nc2[nH]cc(C(F)(F)F)c12. The number of likely N-dealkylation sites (N-methyl/N-ethyl adjacent to an activating group) is 1. The highest BCUT2D eigenvalue weighted by Crippen LogP contribution is 2.38. The van der Waals surface area contributed by atoms with E-state index in [2.05, 4.69) is 30.5 Å². The van der Waals surface area contributed by atoms with Crippen molar-refractivity contribution < 1.29 is 22.7 Å². The number of rotatable bonds is 6. The van der Waals surface area contributed by atoms with Gasteiger partial charge in [0.05, 0.1) is 23.7 Å². The highest BCUT2D eigenvalue weighted by atomic mass is 19.4. The molecule has 2 aromatic heterocycles. The van der Waals surface area contributed by atoms with Crippen LogP contribution in [0.2, 0.25) is 0 Å². The number of methoxy groups -OCH3 is 1. The fourth-order valence-corrected chi connectivity index (χ4v) is 3.85. The lowest BCUT2D eigenvalue weighted by atomic mass is 10.1. The number of H-pyrrole nitrogens is 1. The molecule has 1 fully saturated rings. The first-order chi connectivity index (χ1) is 16.2. The van der Waals surface area contributed by atoms with E-state index in [9.17, 15) is 18.0 Å². The lowest BCUT2D eigenvalue weighted by Crippen LogP contribution is -2.47. The number of hydrogen-bond acceptors (Lipinski definition) is 7. The summed E-state index contributed by atoms with van der Waals surface area (Å²) in [6.45, 7) is 5.06. The van der Waals surface area contributed by atoms with Gasteiger partial charge in [-0.25, -0.2) is 0 Å². The van der Waals surface area contributed by atoms with Crippen molar-refractivity contribution in [3.05, 3.63) is 35.5 Å². The van der Waals surface area contributed by atoms with Crippen molar-refractivity contribution >= 4 is 34.4 Å². The van der Waals surface area contributed by atoms with Crippen molar-refractivity contribution in [2.45, 2.75) is 13.1 Å². The monoisotopic (exact) mass is 477 g/mol. The zero-order valence-electron chi connectivity index (χ0n) is 19.1. The zero-order chi connectivity index (χ0) is 24.5. The summed E-state index contributed by atoms with van der Waals surface area (Å²) >= 11 is 0. The van der Waals surface area contributed by atoms with E-state index in [4.69, 9.17) is 4.74 Å². The Morgan fingerprint density at radius 2 is 1.94 bits per heavy atom. The van der Waals surface area contributed by atoms with E-state index in [-0.39, 0.29) is 28.7 Å². The molecule has 9 nitrogen and oxygen atoms in total. The Morgan fingerprint density at radius 1 is 1.21 bits per heavy atom. The first-order valence-electron chi connectivity index (χ1n) is 10.8. The summed E-state index contributed by atoms with van der Waals surface area (Å²) in [4.78, 5) is 27.9. The third kappa shape index (κ3) is 4.72. The van der Waals surface area contributed by atoms with Crippen LogP contribution in [-0.4, -0.2) is 77.5 Å². The van der Waals surface area contributed by atoms with Crippen molar-refractivity contribution in [2.24, 2.45) is 0 Å². The molecule has 12 heteroatoms. The summed E-state index contributed by atoms with van der Waals surface area (Å²) in [5, 5.41) is 5.74. The smallest absolute Gasteiger partial charge is 0.418 e. The normalized spacial score (nSPS) is 14.9. The van der Waals surface area contributed by atoms with Gasteiger partial charge in [0.15, 0.2) is 0 Å². The number of amides is 1. The largest absolute Gasteiger partial charge is 0.495 e. The van der Waals surface area contributed by atoms with E-state index in [1.807, 2.05) is 7.05 Å². The number of halogens is 3. The van der Waals surface area contributed by atoms with E-state index in [0.717, 1.165) is 19.3 Å². The fourth-order valence-electron chi connectivity index (χ4n) is 3.85. The number of aromatic amines is 1. The molecule has 3 aromatic rings. The second-order valence-electron chi connectivity index (χ2n) is 7.99. The molecule has 0 atom stereocenters. The Balaban J connectivity index is 1.63. The highest BCUT2D eigenvalue weighted by Gasteiger charge is 2.35. The first kappa shape index (κ1) is 23.6. The molecule has 0 bridgehead atoms. The first-order valence-corrected chi connectivity index (χ1v) is 10.8. The predicted molar refractivity (Wildman–Crippen MR) is 123 cm³/mol. The Labute approximate surface area is 194 Å². The maximum atomic E-state index is 13.4. The Morgan fingerprint density at radius 3 is 2.59 bits per heavy atom. The maximum Gasteiger partial charge on any atom is 0.418 e. The summed E-state index contributed by atoms with van der Waals surface area (Å²) in [5.41, 5.74) is 0.161. The summed E-state index contributed by atoms with van der Waals surface area (Å²) in [7, 11) is 3.49. The standard InChI is InChI=1S/C22H26F3N7O2/c1-4-26-18-17-14(22(23,24)25)12-27-19(17)30-21(29-18)28-15-6-5-13(11-16(15)34-3)20(33)32-9-7-31(2)8-10-32/h5-6,11-12H,4,7-10H2,1-3H3,(H3,26,27,28,29,30). The molecular formula is C22H26F3N7O2. The number of piperazine rings is 1. The molecule has 1 amide bonds. The van der Waals surface area contributed by atoms with Gasteiger partial charge in [0.25, 0.3) is 5.91 Å². The number of nitrogens with zero attached hydrogens (tertiary/aromatic N) is 4. The summed E-state index contributed by atoms with van der Waals surface area (Å²) in [6.07, 6.45) is -3.67. The number of carbonyl (C=O) groups is 1. The Kier molecular flexibility index (Phi) is 6.51. The van der Waals surface area contributed by atoms with Crippen LogP contribution in [0.3, 0.4) is 0 Å². The molecule has 182 valence electrons. The number of alkyl halides is 3. The molecule has 4 rings (SSSR count). The molecule has 0 aliphatic carbocycles. The second-order valence-corrected chi connectivity index (χ2v) is 7.99. The summed E-state index contributed by atoms with van der Waals surface area (Å²) in [6, 6.07) is 4.97. The van der Waals surface area contributed by atoms with E-state index in [1.165, 1.54) is 7.11 Å². The van der Waals surface area contributed by atoms with Crippen LogP contribution in [0.5, 0.6) is 5.75 Å². The predicted octanol–water partition coefficient (Wildman–Crippen LogP) is 3.55. The molecule has 1 saturated heterocycles. The zero-order valence-corrected chi connectivity index (χ0v) is 19.1. The second kappa shape index (κ2) is 9.37. The van der Waals surface area contributed by atoms with Gasteiger partial charge < -0.3 is 30.2 Å². The van der Waals surface area contributed by atoms with Crippen molar-refractivity contribution in [3.8, 4) is 5.75 Å². The van der Waals surface area contributed by atoms with Gasteiger partial charge >= 0.3 is 6.18 Å². The number of benzene rings is 1. The number of ether oxygens (including phenoxy) is 1. The van der Waals surface area contributed by atoms with Crippen LogP contribution in [-0.2, 0) is 6.18 Å². The van der Waals surface area contributed by atoms with E-state index in [0.29, 0.717) is 36.6 Å². The van der Waals surface area contributed by atoms with Crippen LogP contribution in [0, 0.1) is 0 Å². The van der Waals surface area contributed by atoms with Crippen LogP contribution in [0.1, 0.15) is 22.8 Å². The van der Waals surface area contributed by atoms with Gasteiger partial charge in [0.1, 0.15) is 17.2 Å². The van der Waals surface area contributed by atoms with E-state index < -0.39 is 11.7 Å². The maximum absolute atomic E-state index is 13.4. The minimum atomic E-state index is -4.55. The number of aromatic nitrogens is 3. The molecule has 3 heterocycles. The quantitative estimate of drug-likeness (QED) is 0.500. The number of anilines is 3. The summed E-state index contributed by atoms with van der Waals surface area (Å²) in [5.74, 6) is 0.437. The number of carbonyl (C=O) groups excluding carboxylic acids is 1. The number of fused-ring (bicyclic) bond motifs is 1. The third-order valence-corrected chi connectivity index (χ3v) is 5.67. The molecule has 1 aliphatic rings. The number of nitrogens with one attached hydrogen (secondary N) is 3. The molecule has 1 aliphatic heterocycles. The molecule has 0 unspecified atom stereocenters. The van der Waals surface area contributed by atoms with Crippen LogP contribution in [0.25, 0.3) is 11.0 Å². The van der Waals surface area contributed by atoms with Crippen molar-refractivity contribution in [1.29, 1.82) is 0 Å². The third-order valence-electron chi connectivity index (χ3n) is 5.67. The minimum Gasteiger partial charge on any atom is -0.495 e. The van der Waals surface area contributed by atoms with Crippen LogP contribution in [0.15, 0.2) is 24.4 Å². The van der Waals surface area contributed by atoms with E-state index in [1.54, 1.807) is 30.0 Å². The average molecular weight is 477 g/mol. The fraction of sp³-hybridized carbons (Fsp3) is 0.409. The summed E-state index contributed by atoms with van der Waals surface area (Å²) < 4.78 is 45.7. The van der Waals surface area contributed by atoms with Gasteiger partial charge in [-0.05, 0) is 32.2 Å². The van der Waals surface area contributed by atoms with Crippen molar-refractivity contribution in [2.75, 3.05) is 57.5 Å². The van der Waals surface area contributed by atoms with Crippen molar-refractivity contribution in [3.63, 3.8) is 0 Å². The molecule has 0 saturated carbocycles. The minimum absolute atomic E-state index is 0.0432. The van der Waals surface area contributed by atoms with Crippen LogP contribution in [0.4, 0.5) is 30.6 Å². The molecular weight excluding hydrogens is 451 g/mol. The Bertz CT molecular complexity index is 1190.